The van der Waals surface area contributed by atoms with Crippen LogP contribution >= 0.6 is 11.3 Å². The smallest absolute Gasteiger partial charge is 0.267 e. The number of nitrogens with zero attached hydrogens (tertiary/aromatic N) is 2. The molecule has 3 rings (SSSR count). The monoisotopic (exact) mass is 358 g/mol. The molecule has 25 heavy (non-hydrogen) atoms. The molecule has 1 amide bonds. The van der Waals surface area contributed by atoms with Gasteiger partial charge in [-0.05, 0) is 17.5 Å². The van der Waals surface area contributed by atoms with Gasteiger partial charge < -0.3 is 9.64 Å². The molecule has 4 nitrogen and oxygen atoms in total. The Balaban J connectivity index is 1.73. The maximum absolute atomic E-state index is 13.0. The molecule has 0 unspecified atom stereocenters. The molecule has 1 aromatic carbocycles. The maximum atomic E-state index is 13.0. The molecular formula is C20H26N2O2S. The normalized spacial score (nSPS) is 15.6. The number of rotatable bonds is 5. The predicted molar refractivity (Wildman–Crippen MR) is 103 cm³/mol. The summed E-state index contributed by atoms with van der Waals surface area (Å²) in [7, 11) is 1.63. The summed E-state index contributed by atoms with van der Waals surface area (Å²) >= 11 is 1.52. The predicted octanol–water partition coefficient (Wildman–Crippen LogP) is 3.84. The van der Waals surface area contributed by atoms with Crippen LogP contribution < -0.4 is 4.74 Å². The van der Waals surface area contributed by atoms with Gasteiger partial charge in [0.25, 0.3) is 5.91 Å². The summed E-state index contributed by atoms with van der Waals surface area (Å²) in [6.07, 6.45) is 0. The second-order valence-corrected chi connectivity index (χ2v) is 7.91. The van der Waals surface area contributed by atoms with Crippen molar-refractivity contribution in [2.45, 2.75) is 13.8 Å². The van der Waals surface area contributed by atoms with E-state index in [1.54, 1.807) is 7.11 Å². The van der Waals surface area contributed by atoms with E-state index in [1.165, 1.54) is 11.3 Å². The van der Waals surface area contributed by atoms with Crippen LogP contribution in [-0.4, -0.2) is 55.5 Å². The second-order valence-electron chi connectivity index (χ2n) is 6.86. The van der Waals surface area contributed by atoms with Crippen LogP contribution in [-0.2, 0) is 0 Å². The number of amides is 1. The molecule has 1 aliphatic heterocycles. The lowest BCUT2D eigenvalue weighted by Crippen LogP contribution is -2.49. The zero-order valence-corrected chi connectivity index (χ0v) is 16.0. The Labute approximate surface area is 154 Å². The second kappa shape index (κ2) is 8.02. The van der Waals surface area contributed by atoms with E-state index >= 15 is 0 Å². The van der Waals surface area contributed by atoms with Gasteiger partial charge in [-0.3, -0.25) is 9.69 Å². The van der Waals surface area contributed by atoms with Gasteiger partial charge in [-0.25, -0.2) is 0 Å². The highest BCUT2D eigenvalue weighted by molar-refractivity contribution is 7.17. The highest BCUT2D eigenvalue weighted by Crippen LogP contribution is 2.37. The van der Waals surface area contributed by atoms with Gasteiger partial charge in [0, 0.05) is 37.6 Å². The Morgan fingerprint density at radius 3 is 2.44 bits per heavy atom. The van der Waals surface area contributed by atoms with Crippen LogP contribution in [0.15, 0.2) is 36.4 Å². The fourth-order valence-corrected chi connectivity index (χ4v) is 4.31. The first-order valence-corrected chi connectivity index (χ1v) is 9.65. The molecule has 134 valence electrons. The standard InChI is InChI=1S/C20H26N2O2S/c1-15(2)14-21-9-11-22(12-10-21)20(23)19-17(24-3)13-18(25-19)16-7-5-4-6-8-16/h4-8,13,15H,9-12,14H2,1-3H3. The zero-order chi connectivity index (χ0) is 17.8. The summed E-state index contributed by atoms with van der Waals surface area (Å²) in [5, 5.41) is 0. The van der Waals surface area contributed by atoms with Gasteiger partial charge in [0.05, 0.1) is 7.11 Å². The molecule has 5 heteroatoms. The molecule has 0 aliphatic carbocycles. The number of thiophene rings is 1. The maximum Gasteiger partial charge on any atom is 0.267 e. The summed E-state index contributed by atoms with van der Waals surface area (Å²) in [6.45, 7) is 9.04. The van der Waals surface area contributed by atoms with E-state index in [-0.39, 0.29) is 5.91 Å². The van der Waals surface area contributed by atoms with Crippen molar-refractivity contribution in [1.82, 2.24) is 9.80 Å². The number of benzene rings is 1. The van der Waals surface area contributed by atoms with E-state index in [0.717, 1.165) is 43.2 Å². The highest BCUT2D eigenvalue weighted by atomic mass is 32.1. The lowest BCUT2D eigenvalue weighted by atomic mass is 10.2. The number of hydrogen-bond acceptors (Lipinski definition) is 4. The van der Waals surface area contributed by atoms with Crippen LogP contribution in [0.2, 0.25) is 0 Å². The third-order valence-electron chi connectivity index (χ3n) is 4.45. The fraction of sp³-hybridized carbons (Fsp3) is 0.450. The van der Waals surface area contributed by atoms with Crippen molar-refractivity contribution in [3.05, 3.63) is 41.3 Å². The zero-order valence-electron chi connectivity index (χ0n) is 15.2. The van der Waals surface area contributed by atoms with Gasteiger partial charge in [-0.2, -0.15) is 0 Å². The minimum absolute atomic E-state index is 0.0910. The van der Waals surface area contributed by atoms with Crippen molar-refractivity contribution < 1.29 is 9.53 Å². The number of carbonyl (C=O) groups excluding carboxylic acids is 1. The lowest BCUT2D eigenvalue weighted by Gasteiger charge is -2.35. The van der Waals surface area contributed by atoms with Crippen molar-refractivity contribution in [1.29, 1.82) is 0 Å². The number of methoxy groups -OCH3 is 1. The Hall–Kier alpha value is -1.85. The topological polar surface area (TPSA) is 32.8 Å². The third-order valence-corrected chi connectivity index (χ3v) is 5.61. The van der Waals surface area contributed by atoms with Crippen LogP contribution in [0.4, 0.5) is 0 Å². The summed E-state index contributed by atoms with van der Waals surface area (Å²) in [5.74, 6) is 1.43. The molecule has 1 saturated heterocycles. The molecule has 0 atom stereocenters. The van der Waals surface area contributed by atoms with E-state index in [4.69, 9.17) is 4.74 Å². The van der Waals surface area contributed by atoms with Gasteiger partial charge in [0.2, 0.25) is 0 Å². The quantitative estimate of drug-likeness (QED) is 0.814. The van der Waals surface area contributed by atoms with Crippen molar-refractivity contribution >= 4 is 17.2 Å². The first kappa shape index (κ1) is 18.0. The molecule has 0 saturated carbocycles. The molecule has 1 fully saturated rings. The molecule has 1 aliphatic rings. The Kier molecular flexibility index (Phi) is 5.76. The van der Waals surface area contributed by atoms with Gasteiger partial charge in [0.1, 0.15) is 10.6 Å². The summed E-state index contributed by atoms with van der Waals surface area (Å²) in [4.78, 5) is 19.2. The van der Waals surface area contributed by atoms with Crippen molar-refractivity contribution in [2.24, 2.45) is 5.92 Å². The minimum atomic E-state index is 0.0910. The SMILES string of the molecule is COc1cc(-c2ccccc2)sc1C(=O)N1CCN(CC(C)C)CC1. The van der Waals surface area contributed by atoms with E-state index < -0.39 is 0 Å². The molecule has 0 N–H and O–H groups in total. The molecule has 0 radical (unpaired) electrons. The van der Waals surface area contributed by atoms with Crippen LogP contribution in [0.3, 0.4) is 0 Å². The number of piperazine rings is 1. The first-order valence-electron chi connectivity index (χ1n) is 8.83. The third kappa shape index (κ3) is 4.22. The largest absolute Gasteiger partial charge is 0.495 e. The average Bonchev–Trinajstić information content (AvgIpc) is 3.06. The van der Waals surface area contributed by atoms with Crippen molar-refractivity contribution in [3.63, 3.8) is 0 Å². The van der Waals surface area contributed by atoms with Crippen molar-refractivity contribution in [3.8, 4) is 16.2 Å². The number of ether oxygens (including phenoxy) is 1. The number of hydrogen-bond donors (Lipinski definition) is 0. The Morgan fingerprint density at radius 1 is 1.16 bits per heavy atom. The highest BCUT2D eigenvalue weighted by Gasteiger charge is 2.26. The fourth-order valence-electron chi connectivity index (χ4n) is 3.21. The Bertz CT molecular complexity index is 704. The Morgan fingerprint density at radius 2 is 1.84 bits per heavy atom. The van der Waals surface area contributed by atoms with Crippen molar-refractivity contribution in [2.75, 3.05) is 39.8 Å². The van der Waals surface area contributed by atoms with Gasteiger partial charge in [-0.1, -0.05) is 44.2 Å². The summed E-state index contributed by atoms with van der Waals surface area (Å²) < 4.78 is 5.49. The molecule has 2 aromatic rings. The number of carbonyl (C=O) groups is 1. The molecule has 0 bridgehead atoms. The van der Waals surface area contributed by atoms with E-state index in [9.17, 15) is 4.79 Å². The molecule has 0 spiro atoms. The van der Waals surface area contributed by atoms with Crippen LogP contribution in [0.1, 0.15) is 23.5 Å². The lowest BCUT2D eigenvalue weighted by molar-refractivity contribution is 0.0625. The van der Waals surface area contributed by atoms with Gasteiger partial charge in [-0.15, -0.1) is 11.3 Å². The first-order chi connectivity index (χ1) is 12.1. The van der Waals surface area contributed by atoms with Gasteiger partial charge >= 0.3 is 0 Å². The van der Waals surface area contributed by atoms with E-state index in [0.29, 0.717) is 16.5 Å². The van der Waals surface area contributed by atoms with Gasteiger partial charge in [0.15, 0.2) is 0 Å². The van der Waals surface area contributed by atoms with Crippen LogP contribution in [0.5, 0.6) is 5.75 Å². The van der Waals surface area contributed by atoms with Crippen LogP contribution in [0, 0.1) is 5.92 Å². The average molecular weight is 359 g/mol. The summed E-state index contributed by atoms with van der Waals surface area (Å²) in [5.41, 5.74) is 1.12. The van der Waals surface area contributed by atoms with E-state index in [2.05, 4.69) is 30.9 Å². The molecule has 2 heterocycles. The van der Waals surface area contributed by atoms with E-state index in [1.807, 2.05) is 29.2 Å². The van der Waals surface area contributed by atoms with Crippen LogP contribution in [0.25, 0.3) is 10.4 Å². The molecule has 1 aromatic heterocycles. The summed E-state index contributed by atoms with van der Waals surface area (Å²) in [6, 6.07) is 12.1. The molecular weight excluding hydrogens is 332 g/mol. The minimum Gasteiger partial charge on any atom is -0.495 e.